The van der Waals surface area contributed by atoms with Crippen LogP contribution in [-0.2, 0) is 0 Å². The first kappa shape index (κ1) is 11.7. The Morgan fingerprint density at radius 2 is 1.93 bits per heavy atom. The van der Waals surface area contributed by atoms with E-state index in [1.165, 1.54) is 11.8 Å². The van der Waals surface area contributed by atoms with Gasteiger partial charge in [-0.25, -0.2) is 0 Å². The highest BCUT2D eigenvalue weighted by Crippen LogP contribution is 2.34. The average molecular weight is 246 g/mol. The molecule has 4 heteroatoms. The third kappa shape index (κ3) is 3.79. The zero-order valence-corrected chi connectivity index (χ0v) is 9.69. The van der Waals surface area contributed by atoms with Crippen molar-refractivity contribution in [3.05, 3.63) is 35.9 Å². The summed E-state index contributed by atoms with van der Waals surface area (Å²) in [6.07, 6.45) is 0.589. The van der Waals surface area contributed by atoms with Gasteiger partial charge in [0.1, 0.15) is 10.2 Å². The molecule has 14 heavy (non-hydrogen) atoms. The van der Waals surface area contributed by atoms with Gasteiger partial charge in [-0.1, -0.05) is 30.3 Å². The Labute approximate surface area is 98.0 Å². The lowest BCUT2D eigenvalue weighted by molar-refractivity contribution is 0.872. The van der Waals surface area contributed by atoms with Gasteiger partial charge in [-0.05, 0) is 23.7 Å². The summed E-state index contributed by atoms with van der Waals surface area (Å²) in [6.45, 7) is 0. The molecule has 1 atom stereocenters. The fraction of sp³-hybridized carbons (Fsp3) is 0.300. The molecule has 0 saturated carbocycles. The lowest BCUT2D eigenvalue weighted by Crippen LogP contribution is -1.98. The van der Waals surface area contributed by atoms with E-state index in [0.29, 0.717) is 6.42 Å². The Hall–Kier alpha value is -0.360. The summed E-state index contributed by atoms with van der Waals surface area (Å²) >= 11 is 12.6. The molecule has 0 spiro atoms. The van der Waals surface area contributed by atoms with Crippen molar-refractivity contribution in [2.75, 3.05) is 0 Å². The number of benzene rings is 1. The predicted molar refractivity (Wildman–Crippen MR) is 62.5 cm³/mol. The molecule has 1 rings (SSSR count). The number of hydrogen-bond acceptors (Lipinski definition) is 2. The number of alkyl halides is 2. The lowest BCUT2D eigenvalue weighted by atomic mass is 10.1. The van der Waals surface area contributed by atoms with Gasteiger partial charge in [0.2, 0.25) is 0 Å². The fourth-order valence-electron chi connectivity index (χ4n) is 1.15. The van der Waals surface area contributed by atoms with Gasteiger partial charge in [-0.2, -0.15) is 5.26 Å². The molecule has 0 aliphatic rings. The van der Waals surface area contributed by atoms with E-state index in [-0.39, 0.29) is 5.25 Å². The van der Waals surface area contributed by atoms with E-state index in [1.807, 2.05) is 30.3 Å². The van der Waals surface area contributed by atoms with Gasteiger partial charge in [0.15, 0.2) is 0 Å². The van der Waals surface area contributed by atoms with Crippen LogP contribution in [-0.4, -0.2) is 4.84 Å². The Bertz CT molecular complexity index is 308. The first-order valence-electron chi connectivity index (χ1n) is 4.12. The molecule has 1 unspecified atom stereocenters. The van der Waals surface area contributed by atoms with Crippen molar-refractivity contribution in [1.82, 2.24) is 0 Å². The van der Waals surface area contributed by atoms with Gasteiger partial charge >= 0.3 is 0 Å². The lowest BCUT2D eigenvalue weighted by Gasteiger charge is -2.13. The summed E-state index contributed by atoms with van der Waals surface area (Å²) in [6, 6.07) is 9.78. The maximum atomic E-state index is 8.64. The molecule has 0 fully saturated rings. The maximum Gasteiger partial charge on any atom is 0.133 e. The monoisotopic (exact) mass is 245 g/mol. The summed E-state index contributed by atoms with van der Waals surface area (Å²) in [5.41, 5.74) is 1.09. The van der Waals surface area contributed by atoms with E-state index < -0.39 is 4.84 Å². The summed E-state index contributed by atoms with van der Waals surface area (Å²) in [7, 11) is 0. The largest absolute Gasteiger partial charge is 0.185 e. The Morgan fingerprint density at radius 3 is 2.43 bits per heavy atom. The van der Waals surface area contributed by atoms with E-state index in [9.17, 15) is 0 Å². The molecule has 0 radical (unpaired) electrons. The van der Waals surface area contributed by atoms with Gasteiger partial charge in [0.25, 0.3) is 0 Å². The predicted octanol–water partition coefficient (Wildman–Crippen LogP) is 4.14. The van der Waals surface area contributed by atoms with Gasteiger partial charge < -0.3 is 0 Å². The molecule has 0 aromatic heterocycles. The Balaban J connectivity index is 2.73. The smallest absolute Gasteiger partial charge is 0.133 e. The number of thioether (sulfide) groups is 1. The molecule has 1 nitrogen and oxygen atoms in total. The molecule has 0 aliphatic heterocycles. The van der Waals surface area contributed by atoms with Crippen LogP contribution in [0.1, 0.15) is 17.2 Å². The third-order valence-electron chi connectivity index (χ3n) is 1.76. The van der Waals surface area contributed by atoms with E-state index >= 15 is 0 Å². The summed E-state index contributed by atoms with van der Waals surface area (Å²) < 4.78 is 0. The van der Waals surface area contributed by atoms with Crippen LogP contribution in [0.3, 0.4) is 0 Å². The zero-order chi connectivity index (χ0) is 10.4. The van der Waals surface area contributed by atoms with E-state index in [1.54, 1.807) is 0 Å². The SMILES string of the molecule is N#CSC(CC(Cl)Cl)c1ccccc1. The number of hydrogen-bond donors (Lipinski definition) is 0. The van der Waals surface area contributed by atoms with Crippen LogP contribution in [0.4, 0.5) is 0 Å². The van der Waals surface area contributed by atoms with Crippen molar-refractivity contribution < 1.29 is 0 Å². The quantitative estimate of drug-likeness (QED) is 0.589. The normalized spacial score (nSPS) is 12.4. The van der Waals surface area contributed by atoms with Gasteiger partial charge in [-0.15, -0.1) is 23.2 Å². The number of halogens is 2. The van der Waals surface area contributed by atoms with Gasteiger partial charge in [0.05, 0.1) is 0 Å². The van der Waals surface area contributed by atoms with Crippen LogP contribution >= 0.6 is 35.0 Å². The fourth-order valence-corrected chi connectivity index (χ4v) is 2.42. The highest BCUT2D eigenvalue weighted by atomic mass is 35.5. The molecular weight excluding hydrogens is 237 g/mol. The second-order valence-corrected chi connectivity index (χ2v) is 5.00. The Morgan fingerprint density at radius 1 is 1.29 bits per heavy atom. The van der Waals surface area contributed by atoms with Crippen LogP contribution in [0.2, 0.25) is 0 Å². The zero-order valence-electron chi connectivity index (χ0n) is 7.36. The second-order valence-electron chi connectivity index (χ2n) is 2.74. The number of thiocyanates is 1. The standard InChI is InChI=1S/C10H9Cl2NS/c11-10(12)6-9(14-7-13)8-4-2-1-3-5-8/h1-5,9-10H,6H2. The van der Waals surface area contributed by atoms with E-state index in [2.05, 4.69) is 5.40 Å². The van der Waals surface area contributed by atoms with Crippen LogP contribution < -0.4 is 0 Å². The van der Waals surface area contributed by atoms with Crippen molar-refractivity contribution in [2.24, 2.45) is 0 Å². The van der Waals surface area contributed by atoms with Gasteiger partial charge in [-0.3, -0.25) is 0 Å². The molecular formula is C10H9Cl2NS. The summed E-state index contributed by atoms with van der Waals surface area (Å²) in [5.74, 6) is 0. The summed E-state index contributed by atoms with van der Waals surface area (Å²) in [4.78, 5) is -0.430. The van der Waals surface area contributed by atoms with Crippen molar-refractivity contribution in [1.29, 1.82) is 5.26 Å². The van der Waals surface area contributed by atoms with Crippen molar-refractivity contribution in [3.63, 3.8) is 0 Å². The molecule has 0 heterocycles. The minimum absolute atomic E-state index is 0.0567. The first-order valence-corrected chi connectivity index (χ1v) is 5.87. The average Bonchev–Trinajstić information content (AvgIpc) is 2.18. The minimum atomic E-state index is -0.430. The molecule has 0 bridgehead atoms. The third-order valence-corrected chi connectivity index (χ3v) is 2.97. The summed E-state index contributed by atoms with van der Waals surface area (Å²) in [5, 5.41) is 10.8. The second kappa shape index (κ2) is 6.19. The van der Waals surface area contributed by atoms with Crippen molar-refractivity contribution in [3.8, 4) is 5.40 Å². The Kier molecular flexibility index (Phi) is 5.17. The van der Waals surface area contributed by atoms with Crippen LogP contribution in [0.5, 0.6) is 0 Å². The molecule has 74 valence electrons. The van der Waals surface area contributed by atoms with Gasteiger partial charge in [0, 0.05) is 5.25 Å². The molecule has 0 aliphatic carbocycles. The minimum Gasteiger partial charge on any atom is -0.185 e. The van der Waals surface area contributed by atoms with Crippen molar-refractivity contribution in [2.45, 2.75) is 16.5 Å². The molecule has 1 aromatic carbocycles. The highest BCUT2D eigenvalue weighted by Gasteiger charge is 2.15. The highest BCUT2D eigenvalue weighted by molar-refractivity contribution is 8.03. The number of rotatable bonds is 4. The van der Waals surface area contributed by atoms with Crippen LogP contribution in [0.15, 0.2) is 30.3 Å². The maximum absolute atomic E-state index is 8.64. The topological polar surface area (TPSA) is 23.8 Å². The molecule has 0 saturated heterocycles. The van der Waals surface area contributed by atoms with Crippen molar-refractivity contribution >= 4 is 35.0 Å². The van der Waals surface area contributed by atoms with Crippen LogP contribution in [0.25, 0.3) is 0 Å². The number of nitriles is 1. The van der Waals surface area contributed by atoms with Crippen LogP contribution in [0, 0.1) is 10.7 Å². The van der Waals surface area contributed by atoms with E-state index in [0.717, 1.165) is 5.56 Å². The number of nitrogens with zero attached hydrogens (tertiary/aromatic N) is 1. The molecule has 0 amide bonds. The molecule has 1 aromatic rings. The molecule has 0 N–H and O–H groups in total. The first-order chi connectivity index (χ1) is 6.74. The van der Waals surface area contributed by atoms with E-state index in [4.69, 9.17) is 28.5 Å².